The van der Waals surface area contributed by atoms with Gasteiger partial charge in [-0.05, 0) is 12.5 Å². The predicted molar refractivity (Wildman–Crippen MR) is 64.9 cm³/mol. The van der Waals surface area contributed by atoms with Crippen LogP contribution in [0.1, 0.15) is 30.8 Å². The summed E-state index contributed by atoms with van der Waals surface area (Å²) in [6.07, 6.45) is 2.63. The Morgan fingerprint density at radius 1 is 1.39 bits per heavy atom. The van der Waals surface area contributed by atoms with E-state index in [2.05, 4.69) is 27.4 Å². The van der Waals surface area contributed by atoms with E-state index in [1.54, 1.807) is 30.1 Å². The first-order chi connectivity index (χ1) is 8.76. The molecule has 2 rings (SSSR count). The van der Waals surface area contributed by atoms with Crippen molar-refractivity contribution in [1.29, 1.82) is 0 Å². The molecule has 0 bridgehead atoms. The first kappa shape index (κ1) is 12.4. The lowest BCUT2D eigenvalue weighted by atomic mass is 10.1. The molecule has 96 valence electrons. The molecule has 1 atom stereocenters. The number of rotatable bonds is 5. The van der Waals surface area contributed by atoms with E-state index in [0.717, 1.165) is 18.7 Å². The van der Waals surface area contributed by atoms with Crippen molar-refractivity contribution in [2.45, 2.75) is 25.9 Å². The fourth-order valence-corrected chi connectivity index (χ4v) is 1.65. The third kappa shape index (κ3) is 2.45. The van der Waals surface area contributed by atoms with E-state index >= 15 is 0 Å². The van der Waals surface area contributed by atoms with Crippen LogP contribution in [-0.2, 0) is 6.54 Å². The van der Waals surface area contributed by atoms with Gasteiger partial charge < -0.3 is 10.5 Å². The summed E-state index contributed by atoms with van der Waals surface area (Å²) in [5.41, 5.74) is 7.63. The largest absolute Gasteiger partial charge is 0.480 e. The Kier molecular flexibility index (Phi) is 3.83. The Hall–Kier alpha value is -2.02. The van der Waals surface area contributed by atoms with Gasteiger partial charge in [0.15, 0.2) is 0 Å². The predicted octanol–water partition coefficient (Wildman–Crippen LogP) is 0.535. The van der Waals surface area contributed by atoms with Crippen LogP contribution in [0.2, 0.25) is 0 Å². The van der Waals surface area contributed by atoms with Crippen LogP contribution in [0.3, 0.4) is 0 Å². The van der Waals surface area contributed by atoms with Crippen LogP contribution < -0.4 is 10.5 Å². The molecule has 2 aromatic heterocycles. The summed E-state index contributed by atoms with van der Waals surface area (Å²) in [5.74, 6) is 0.464. The fourth-order valence-electron chi connectivity index (χ4n) is 1.65. The molecule has 18 heavy (non-hydrogen) atoms. The Morgan fingerprint density at radius 3 is 2.83 bits per heavy atom. The molecule has 0 amide bonds. The van der Waals surface area contributed by atoms with Gasteiger partial charge in [-0.3, -0.25) is 0 Å². The second-order valence-corrected chi connectivity index (χ2v) is 3.86. The number of methoxy groups -OCH3 is 1. The van der Waals surface area contributed by atoms with Crippen LogP contribution in [0.4, 0.5) is 0 Å². The molecule has 1 unspecified atom stereocenters. The van der Waals surface area contributed by atoms with E-state index in [9.17, 15) is 0 Å². The van der Waals surface area contributed by atoms with Gasteiger partial charge >= 0.3 is 0 Å². The van der Waals surface area contributed by atoms with Crippen LogP contribution in [-0.4, -0.2) is 32.3 Å². The van der Waals surface area contributed by atoms with E-state index in [1.165, 1.54) is 0 Å². The SMILES string of the molecule is CCCn1nncc1C(N)c1ccc(OC)nn1. The van der Waals surface area contributed by atoms with E-state index in [1.807, 2.05) is 0 Å². The van der Waals surface area contributed by atoms with Gasteiger partial charge in [-0.2, -0.15) is 0 Å². The molecule has 0 aromatic carbocycles. The highest BCUT2D eigenvalue weighted by molar-refractivity contribution is 5.20. The first-order valence-electron chi connectivity index (χ1n) is 5.77. The second-order valence-electron chi connectivity index (χ2n) is 3.86. The summed E-state index contributed by atoms with van der Waals surface area (Å²) >= 11 is 0. The molecule has 0 aliphatic heterocycles. The minimum absolute atomic E-state index is 0.384. The first-order valence-corrected chi connectivity index (χ1v) is 5.77. The van der Waals surface area contributed by atoms with Gasteiger partial charge in [0.1, 0.15) is 0 Å². The van der Waals surface area contributed by atoms with Gasteiger partial charge in [-0.15, -0.1) is 15.3 Å². The van der Waals surface area contributed by atoms with Crippen LogP contribution in [0.5, 0.6) is 5.88 Å². The summed E-state index contributed by atoms with van der Waals surface area (Å²) in [6.45, 7) is 2.86. The fraction of sp³-hybridized carbons (Fsp3) is 0.455. The van der Waals surface area contributed by atoms with Crippen molar-refractivity contribution in [2.75, 3.05) is 7.11 Å². The standard InChI is InChI=1S/C11H16N6O/c1-3-6-17-9(7-13-16-17)11(12)8-4-5-10(18-2)15-14-8/h4-5,7,11H,3,6,12H2,1-2H3. The van der Waals surface area contributed by atoms with Gasteiger partial charge in [0, 0.05) is 12.6 Å². The van der Waals surface area contributed by atoms with Crippen LogP contribution in [0, 0.1) is 0 Å². The number of hydrogen-bond donors (Lipinski definition) is 1. The van der Waals surface area contributed by atoms with Crippen LogP contribution in [0.25, 0.3) is 0 Å². The summed E-state index contributed by atoms with van der Waals surface area (Å²) < 4.78 is 6.75. The third-order valence-electron chi connectivity index (χ3n) is 2.59. The maximum absolute atomic E-state index is 6.14. The van der Waals surface area contributed by atoms with Crippen LogP contribution in [0.15, 0.2) is 18.3 Å². The number of ether oxygens (including phenoxy) is 1. The molecule has 0 saturated carbocycles. The zero-order valence-electron chi connectivity index (χ0n) is 10.4. The minimum atomic E-state index is -0.384. The smallest absolute Gasteiger partial charge is 0.233 e. The monoisotopic (exact) mass is 248 g/mol. The molecule has 0 saturated heterocycles. The Bertz CT molecular complexity index is 494. The number of hydrogen-bond acceptors (Lipinski definition) is 6. The molecule has 2 aromatic rings. The average molecular weight is 248 g/mol. The summed E-state index contributed by atoms with van der Waals surface area (Å²) in [5, 5.41) is 15.8. The lowest BCUT2D eigenvalue weighted by Gasteiger charge is -2.11. The lowest BCUT2D eigenvalue weighted by Crippen LogP contribution is -2.19. The zero-order valence-corrected chi connectivity index (χ0v) is 10.4. The molecule has 7 heteroatoms. The molecule has 0 spiro atoms. The Labute approximate surface area is 105 Å². The third-order valence-corrected chi connectivity index (χ3v) is 2.59. The Balaban J connectivity index is 2.23. The van der Waals surface area contributed by atoms with Crippen LogP contribution >= 0.6 is 0 Å². The van der Waals surface area contributed by atoms with Gasteiger partial charge in [-0.1, -0.05) is 12.1 Å². The van der Waals surface area contributed by atoms with Crippen molar-refractivity contribution in [2.24, 2.45) is 5.73 Å². The summed E-state index contributed by atoms with van der Waals surface area (Å²) in [6, 6.07) is 3.14. The lowest BCUT2D eigenvalue weighted by molar-refractivity contribution is 0.390. The van der Waals surface area contributed by atoms with Crippen molar-refractivity contribution in [3.8, 4) is 5.88 Å². The molecule has 0 radical (unpaired) electrons. The zero-order chi connectivity index (χ0) is 13.0. The molecule has 2 N–H and O–H groups in total. The van der Waals surface area contributed by atoms with E-state index in [4.69, 9.17) is 10.5 Å². The number of nitrogens with two attached hydrogens (primary N) is 1. The number of nitrogens with zero attached hydrogens (tertiary/aromatic N) is 5. The molecular formula is C11H16N6O. The van der Waals surface area contributed by atoms with E-state index in [-0.39, 0.29) is 6.04 Å². The second kappa shape index (κ2) is 5.54. The maximum Gasteiger partial charge on any atom is 0.233 e. The summed E-state index contributed by atoms with van der Waals surface area (Å²) in [7, 11) is 1.55. The summed E-state index contributed by atoms with van der Waals surface area (Å²) in [4.78, 5) is 0. The number of aromatic nitrogens is 5. The van der Waals surface area contributed by atoms with Gasteiger partial charge in [0.25, 0.3) is 0 Å². The van der Waals surface area contributed by atoms with E-state index in [0.29, 0.717) is 11.6 Å². The van der Waals surface area contributed by atoms with E-state index < -0.39 is 0 Å². The van der Waals surface area contributed by atoms with Crippen molar-refractivity contribution in [3.05, 3.63) is 29.7 Å². The normalized spacial score (nSPS) is 12.4. The number of aryl methyl sites for hydroxylation is 1. The molecule has 0 aliphatic carbocycles. The highest BCUT2D eigenvalue weighted by Crippen LogP contribution is 2.17. The Morgan fingerprint density at radius 2 is 2.22 bits per heavy atom. The average Bonchev–Trinajstić information content (AvgIpc) is 2.87. The van der Waals surface area contributed by atoms with Gasteiger partial charge in [0.05, 0.1) is 30.7 Å². The maximum atomic E-state index is 6.14. The molecule has 2 heterocycles. The molecular weight excluding hydrogens is 232 g/mol. The van der Waals surface area contributed by atoms with Crippen molar-refractivity contribution in [3.63, 3.8) is 0 Å². The topological polar surface area (TPSA) is 91.7 Å². The van der Waals surface area contributed by atoms with Crippen molar-refractivity contribution in [1.82, 2.24) is 25.2 Å². The van der Waals surface area contributed by atoms with Gasteiger partial charge in [0.2, 0.25) is 5.88 Å². The minimum Gasteiger partial charge on any atom is -0.480 e. The van der Waals surface area contributed by atoms with Gasteiger partial charge in [-0.25, -0.2) is 4.68 Å². The highest BCUT2D eigenvalue weighted by atomic mass is 16.5. The quantitative estimate of drug-likeness (QED) is 0.830. The molecule has 0 fully saturated rings. The molecule has 0 aliphatic rings. The van der Waals surface area contributed by atoms with Crippen molar-refractivity contribution < 1.29 is 4.74 Å². The highest BCUT2D eigenvalue weighted by Gasteiger charge is 2.16. The van der Waals surface area contributed by atoms with Crippen molar-refractivity contribution >= 4 is 0 Å². The molecule has 7 nitrogen and oxygen atoms in total.